The summed E-state index contributed by atoms with van der Waals surface area (Å²) < 4.78 is 0. The fraction of sp³-hybridized carbons (Fsp3) is 0.400. The molecule has 0 amide bonds. The van der Waals surface area contributed by atoms with E-state index in [0.717, 1.165) is 56.0 Å². The zero-order chi connectivity index (χ0) is 19.2. The third-order valence-corrected chi connectivity index (χ3v) is 4.80. The third-order valence-electron chi connectivity index (χ3n) is 4.80. The second-order valence-electron chi connectivity index (χ2n) is 6.73. The summed E-state index contributed by atoms with van der Waals surface area (Å²) in [5, 5.41) is 14.4. The van der Waals surface area contributed by atoms with E-state index in [2.05, 4.69) is 33.7 Å². The second-order valence-corrected chi connectivity index (χ2v) is 6.73. The molecular weight excluding hydrogens is 342 g/mol. The first-order valence-corrected chi connectivity index (χ1v) is 9.31. The SMILES string of the molecule is C=CCN1CCC(Nc2cc(CC)nc(-c3ccc([N+](=O)[O-])cc3)n2)CC1. The topological polar surface area (TPSA) is 84.2 Å². The molecule has 2 aromatic rings. The quantitative estimate of drug-likeness (QED) is 0.457. The van der Waals surface area contributed by atoms with Crippen molar-refractivity contribution in [2.24, 2.45) is 0 Å². The van der Waals surface area contributed by atoms with E-state index < -0.39 is 4.92 Å². The Morgan fingerprint density at radius 2 is 2.00 bits per heavy atom. The number of nitrogens with zero attached hydrogens (tertiary/aromatic N) is 4. The molecule has 1 aliphatic heterocycles. The minimum Gasteiger partial charge on any atom is -0.367 e. The first kappa shape index (κ1) is 19.0. The van der Waals surface area contributed by atoms with Crippen LogP contribution in [0, 0.1) is 10.1 Å². The molecule has 1 N–H and O–H groups in total. The number of likely N-dealkylation sites (tertiary alicyclic amines) is 1. The molecule has 1 saturated heterocycles. The summed E-state index contributed by atoms with van der Waals surface area (Å²) in [5.41, 5.74) is 1.79. The number of aromatic nitrogens is 2. The van der Waals surface area contributed by atoms with Gasteiger partial charge in [0.15, 0.2) is 5.82 Å². The van der Waals surface area contributed by atoms with E-state index in [1.165, 1.54) is 12.1 Å². The molecule has 0 unspecified atom stereocenters. The minimum absolute atomic E-state index is 0.0648. The first-order valence-electron chi connectivity index (χ1n) is 9.31. The van der Waals surface area contributed by atoms with Crippen molar-refractivity contribution in [1.82, 2.24) is 14.9 Å². The summed E-state index contributed by atoms with van der Waals surface area (Å²) in [6, 6.07) is 8.75. The summed E-state index contributed by atoms with van der Waals surface area (Å²) in [5.74, 6) is 1.41. The van der Waals surface area contributed by atoms with Crippen molar-refractivity contribution < 1.29 is 4.92 Å². The van der Waals surface area contributed by atoms with Crippen LogP contribution in [0.5, 0.6) is 0 Å². The molecule has 0 spiro atoms. The average Bonchev–Trinajstić information content (AvgIpc) is 2.69. The van der Waals surface area contributed by atoms with E-state index in [4.69, 9.17) is 0 Å². The van der Waals surface area contributed by atoms with Crippen molar-refractivity contribution >= 4 is 11.5 Å². The first-order chi connectivity index (χ1) is 13.1. The van der Waals surface area contributed by atoms with Gasteiger partial charge in [0.1, 0.15) is 5.82 Å². The molecule has 0 radical (unpaired) electrons. The lowest BCUT2D eigenvalue weighted by molar-refractivity contribution is -0.384. The molecular formula is C20H25N5O2. The Hall–Kier alpha value is -2.80. The van der Waals surface area contributed by atoms with E-state index in [0.29, 0.717) is 11.9 Å². The highest BCUT2D eigenvalue weighted by Crippen LogP contribution is 2.23. The van der Waals surface area contributed by atoms with Gasteiger partial charge in [-0.15, -0.1) is 6.58 Å². The highest BCUT2D eigenvalue weighted by Gasteiger charge is 2.19. The molecule has 2 heterocycles. The number of nitro benzene ring substituents is 1. The second kappa shape index (κ2) is 8.73. The van der Waals surface area contributed by atoms with Gasteiger partial charge in [-0.25, -0.2) is 9.97 Å². The van der Waals surface area contributed by atoms with Gasteiger partial charge in [-0.1, -0.05) is 13.0 Å². The van der Waals surface area contributed by atoms with Gasteiger partial charge in [0.2, 0.25) is 0 Å². The van der Waals surface area contributed by atoms with Crippen LogP contribution in [-0.2, 0) is 6.42 Å². The fourth-order valence-corrected chi connectivity index (χ4v) is 3.27. The molecule has 7 nitrogen and oxygen atoms in total. The lowest BCUT2D eigenvalue weighted by Gasteiger charge is -2.31. The van der Waals surface area contributed by atoms with Crippen LogP contribution in [0.25, 0.3) is 11.4 Å². The van der Waals surface area contributed by atoms with E-state index in [1.54, 1.807) is 12.1 Å². The number of aryl methyl sites for hydroxylation is 1. The van der Waals surface area contributed by atoms with Crippen molar-refractivity contribution in [3.05, 3.63) is 58.8 Å². The summed E-state index contributed by atoms with van der Waals surface area (Å²) in [7, 11) is 0. The lowest BCUT2D eigenvalue weighted by Crippen LogP contribution is -2.39. The van der Waals surface area contributed by atoms with Crippen LogP contribution in [0.1, 0.15) is 25.5 Å². The van der Waals surface area contributed by atoms with Gasteiger partial charge in [0.25, 0.3) is 5.69 Å². The molecule has 0 bridgehead atoms. The van der Waals surface area contributed by atoms with Crippen LogP contribution in [0.2, 0.25) is 0 Å². The Morgan fingerprint density at radius 3 is 2.59 bits per heavy atom. The molecule has 0 atom stereocenters. The molecule has 1 aromatic carbocycles. The lowest BCUT2D eigenvalue weighted by atomic mass is 10.0. The van der Waals surface area contributed by atoms with Crippen LogP contribution in [0.4, 0.5) is 11.5 Å². The van der Waals surface area contributed by atoms with Crippen LogP contribution in [0.3, 0.4) is 0 Å². The molecule has 0 saturated carbocycles. The largest absolute Gasteiger partial charge is 0.367 e. The molecule has 1 aromatic heterocycles. The Kier molecular flexibility index (Phi) is 6.13. The van der Waals surface area contributed by atoms with Crippen LogP contribution < -0.4 is 5.32 Å². The summed E-state index contributed by atoms with van der Waals surface area (Å²) in [6.45, 7) is 8.89. The number of hydrogen-bond donors (Lipinski definition) is 1. The van der Waals surface area contributed by atoms with Gasteiger partial charge >= 0.3 is 0 Å². The molecule has 142 valence electrons. The number of nitro groups is 1. The Balaban J connectivity index is 1.75. The van der Waals surface area contributed by atoms with Crippen molar-refractivity contribution in [2.75, 3.05) is 25.0 Å². The van der Waals surface area contributed by atoms with E-state index >= 15 is 0 Å². The standard InChI is InChI=1S/C20H25N5O2/c1-3-11-24-12-9-17(10-13-24)21-19-14-16(4-2)22-20(23-19)15-5-7-18(8-6-15)25(26)27/h3,5-8,14,17H,1,4,9-13H2,2H3,(H,21,22,23). The number of benzene rings is 1. The summed E-state index contributed by atoms with van der Waals surface area (Å²) in [4.78, 5) is 22.1. The minimum atomic E-state index is -0.404. The molecule has 7 heteroatoms. The zero-order valence-electron chi connectivity index (χ0n) is 15.6. The molecule has 27 heavy (non-hydrogen) atoms. The van der Waals surface area contributed by atoms with Crippen LogP contribution >= 0.6 is 0 Å². The fourth-order valence-electron chi connectivity index (χ4n) is 3.27. The molecule has 1 aliphatic rings. The van der Waals surface area contributed by atoms with E-state index in [-0.39, 0.29) is 5.69 Å². The zero-order valence-corrected chi connectivity index (χ0v) is 15.6. The average molecular weight is 367 g/mol. The van der Waals surface area contributed by atoms with Crippen LogP contribution in [0.15, 0.2) is 43.0 Å². The molecule has 1 fully saturated rings. The monoisotopic (exact) mass is 367 g/mol. The Bertz CT molecular complexity index is 799. The summed E-state index contributed by atoms with van der Waals surface area (Å²) in [6.07, 6.45) is 4.87. The highest BCUT2D eigenvalue weighted by molar-refractivity contribution is 5.59. The smallest absolute Gasteiger partial charge is 0.269 e. The molecule has 3 rings (SSSR count). The highest BCUT2D eigenvalue weighted by atomic mass is 16.6. The van der Waals surface area contributed by atoms with Crippen molar-refractivity contribution in [2.45, 2.75) is 32.2 Å². The van der Waals surface area contributed by atoms with Gasteiger partial charge in [0.05, 0.1) is 4.92 Å². The van der Waals surface area contributed by atoms with Crippen molar-refractivity contribution in [1.29, 1.82) is 0 Å². The Morgan fingerprint density at radius 1 is 1.30 bits per heavy atom. The van der Waals surface area contributed by atoms with Crippen LogP contribution in [-0.4, -0.2) is 45.5 Å². The maximum atomic E-state index is 10.8. The Labute approximate surface area is 159 Å². The number of non-ortho nitro benzene ring substituents is 1. The van der Waals surface area contributed by atoms with E-state index in [1.807, 2.05) is 12.1 Å². The predicted octanol–water partition coefficient (Wildman–Crippen LogP) is 3.68. The van der Waals surface area contributed by atoms with Gasteiger partial charge in [0, 0.05) is 55.1 Å². The van der Waals surface area contributed by atoms with Gasteiger partial charge < -0.3 is 5.32 Å². The number of nitrogens with one attached hydrogen (secondary N) is 1. The van der Waals surface area contributed by atoms with Crippen molar-refractivity contribution in [3.8, 4) is 11.4 Å². The maximum absolute atomic E-state index is 10.8. The van der Waals surface area contributed by atoms with Gasteiger partial charge in [-0.05, 0) is 31.4 Å². The normalized spacial score (nSPS) is 15.4. The molecule has 0 aliphatic carbocycles. The maximum Gasteiger partial charge on any atom is 0.269 e. The number of hydrogen-bond acceptors (Lipinski definition) is 6. The van der Waals surface area contributed by atoms with Gasteiger partial charge in [-0.2, -0.15) is 0 Å². The summed E-state index contributed by atoms with van der Waals surface area (Å²) >= 11 is 0. The number of anilines is 1. The number of piperidine rings is 1. The van der Waals surface area contributed by atoms with E-state index in [9.17, 15) is 10.1 Å². The van der Waals surface area contributed by atoms with Gasteiger partial charge in [-0.3, -0.25) is 15.0 Å². The third kappa shape index (κ3) is 4.89. The number of rotatable bonds is 7. The predicted molar refractivity (Wildman–Crippen MR) is 107 cm³/mol. The van der Waals surface area contributed by atoms with Crippen molar-refractivity contribution in [3.63, 3.8) is 0 Å².